The highest BCUT2D eigenvalue weighted by atomic mass is 32.1. The number of hydrogen-bond acceptors (Lipinski definition) is 3. The zero-order valence-corrected chi connectivity index (χ0v) is 17.7. The first-order chi connectivity index (χ1) is 14.3. The van der Waals surface area contributed by atoms with Gasteiger partial charge in [-0.15, -0.1) is 11.3 Å². The minimum absolute atomic E-state index is 0.0389. The Morgan fingerprint density at radius 3 is 2.43 bits per heavy atom. The molecule has 0 fully saturated rings. The Morgan fingerprint density at radius 1 is 1.03 bits per heavy atom. The van der Waals surface area contributed by atoms with Crippen LogP contribution in [0.5, 0.6) is 0 Å². The van der Waals surface area contributed by atoms with Gasteiger partial charge in [-0.3, -0.25) is 4.79 Å². The number of allylic oxidation sites excluding steroid dienone is 2. The predicted molar refractivity (Wildman–Crippen MR) is 122 cm³/mol. The topological polar surface area (TPSA) is 54.4 Å². The van der Waals surface area contributed by atoms with E-state index in [1.807, 2.05) is 12.1 Å². The number of fused-ring (bicyclic) bond motifs is 1. The Hall–Kier alpha value is -3.24. The number of aromatic carboxylic acids is 1. The number of carboxylic acid groups (broad SMARTS) is 1. The van der Waals surface area contributed by atoms with Gasteiger partial charge >= 0.3 is 5.97 Å². The lowest BCUT2D eigenvalue weighted by Crippen LogP contribution is -2.22. The number of carbonyl (C=O) groups excluding carboxylic acids is 1. The zero-order valence-electron chi connectivity index (χ0n) is 16.9. The fraction of sp³-hybridized carbons (Fsp3) is 0.154. The van der Waals surface area contributed by atoms with Gasteiger partial charge in [-0.25, -0.2) is 4.79 Å². The van der Waals surface area contributed by atoms with Crippen LogP contribution in [0.4, 0.5) is 0 Å². The van der Waals surface area contributed by atoms with Gasteiger partial charge in [-0.05, 0) is 69.8 Å². The van der Waals surface area contributed by atoms with Crippen LogP contribution in [0.25, 0.3) is 11.6 Å². The Morgan fingerprint density at radius 2 is 1.77 bits per heavy atom. The molecular formula is C26H22O3S. The van der Waals surface area contributed by atoms with Crippen molar-refractivity contribution in [3.8, 4) is 0 Å². The third-order valence-corrected chi connectivity index (χ3v) is 6.41. The molecule has 0 amide bonds. The van der Waals surface area contributed by atoms with Crippen LogP contribution in [0.15, 0.2) is 72.1 Å². The summed E-state index contributed by atoms with van der Waals surface area (Å²) >= 11 is 1.73. The summed E-state index contributed by atoms with van der Waals surface area (Å²) in [7, 11) is 0. The quantitative estimate of drug-likeness (QED) is 0.385. The van der Waals surface area contributed by atoms with Gasteiger partial charge in [0.05, 0.1) is 5.56 Å². The first kappa shape index (κ1) is 20.0. The van der Waals surface area contributed by atoms with E-state index in [2.05, 4.69) is 43.5 Å². The van der Waals surface area contributed by atoms with Crippen molar-refractivity contribution in [2.75, 3.05) is 0 Å². The molecule has 0 aliphatic heterocycles. The molecule has 0 saturated carbocycles. The summed E-state index contributed by atoms with van der Waals surface area (Å²) < 4.78 is 0. The van der Waals surface area contributed by atoms with Gasteiger partial charge in [0, 0.05) is 10.4 Å². The van der Waals surface area contributed by atoms with Crippen molar-refractivity contribution in [3.05, 3.63) is 105 Å². The number of carboxylic acids is 1. The van der Waals surface area contributed by atoms with Crippen molar-refractivity contribution in [2.24, 2.45) is 0 Å². The second kappa shape index (κ2) is 7.88. The van der Waals surface area contributed by atoms with E-state index < -0.39 is 5.97 Å². The molecule has 0 atom stereocenters. The molecule has 1 aromatic heterocycles. The molecule has 2 aromatic carbocycles. The van der Waals surface area contributed by atoms with E-state index in [1.165, 1.54) is 33.7 Å². The van der Waals surface area contributed by atoms with Crippen LogP contribution in [0.1, 0.15) is 62.6 Å². The molecule has 1 heterocycles. The third-order valence-electron chi connectivity index (χ3n) is 5.51. The molecule has 4 heteroatoms. The molecule has 0 bridgehead atoms. The average Bonchev–Trinajstić information content (AvgIpc) is 3.27. The normalized spacial score (nSPS) is 14.9. The molecule has 0 saturated heterocycles. The number of ketones is 1. The molecule has 0 radical (unpaired) electrons. The maximum atomic E-state index is 12.8. The van der Waals surface area contributed by atoms with Gasteiger partial charge in [0.2, 0.25) is 0 Å². The molecule has 1 aliphatic rings. The fourth-order valence-corrected chi connectivity index (χ4v) is 4.52. The Balaban J connectivity index is 1.62. The minimum atomic E-state index is -0.964. The lowest BCUT2D eigenvalue weighted by Gasteiger charge is -2.32. The zero-order chi connectivity index (χ0) is 21.3. The van der Waals surface area contributed by atoms with Crippen LogP contribution in [-0.2, 0) is 5.41 Å². The van der Waals surface area contributed by atoms with Crippen molar-refractivity contribution in [1.29, 1.82) is 0 Å². The van der Waals surface area contributed by atoms with E-state index in [0.717, 1.165) is 12.0 Å². The molecule has 4 rings (SSSR count). The van der Waals surface area contributed by atoms with E-state index >= 15 is 0 Å². The third kappa shape index (κ3) is 3.91. The van der Waals surface area contributed by atoms with Gasteiger partial charge in [-0.2, -0.15) is 0 Å². The highest BCUT2D eigenvalue weighted by Crippen LogP contribution is 2.42. The highest BCUT2D eigenvalue weighted by Gasteiger charge is 2.29. The first-order valence-corrected chi connectivity index (χ1v) is 10.7. The van der Waals surface area contributed by atoms with E-state index in [9.17, 15) is 9.59 Å². The molecule has 0 spiro atoms. The summed E-state index contributed by atoms with van der Waals surface area (Å²) in [5, 5.41) is 11.1. The molecule has 1 N–H and O–H groups in total. The van der Waals surface area contributed by atoms with Gasteiger partial charge in [0.15, 0.2) is 5.78 Å². The second-order valence-electron chi connectivity index (χ2n) is 8.07. The summed E-state index contributed by atoms with van der Waals surface area (Å²) in [6.45, 7) is 4.42. The van der Waals surface area contributed by atoms with Gasteiger partial charge in [0.1, 0.15) is 0 Å². The lowest BCUT2D eigenvalue weighted by atomic mass is 9.72. The predicted octanol–water partition coefficient (Wildman–Crippen LogP) is 6.46. The van der Waals surface area contributed by atoms with E-state index in [1.54, 1.807) is 35.6 Å². The molecule has 0 unspecified atom stereocenters. The molecule has 3 aromatic rings. The maximum absolute atomic E-state index is 12.8. The smallest absolute Gasteiger partial charge is 0.335 e. The number of hydrogen-bond donors (Lipinski definition) is 1. The second-order valence-corrected chi connectivity index (χ2v) is 9.02. The Kier molecular flexibility index (Phi) is 5.27. The number of thiophene rings is 1. The van der Waals surface area contributed by atoms with Gasteiger partial charge in [0.25, 0.3) is 0 Å². The maximum Gasteiger partial charge on any atom is 0.335 e. The van der Waals surface area contributed by atoms with Crippen LogP contribution < -0.4 is 0 Å². The van der Waals surface area contributed by atoms with Crippen molar-refractivity contribution in [2.45, 2.75) is 25.7 Å². The molecule has 3 nitrogen and oxygen atoms in total. The number of benzene rings is 2. The summed E-state index contributed by atoms with van der Waals surface area (Å²) in [4.78, 5) is 25.0. The fourth-order valence-electron chi connectivity index (χ4n) is 3.74. The molecule has 150 valence electrons. The van der Waals surface area contributed by atoms with Gasteiger partial charge < -0.3 is 5.11 Å². The van der Waals surface area contributed by atoms with Gasteiger partial charge in [-0.1, -0.05) is 56.3 Å². The van der Waals surface area contributed by atoms with E-state index in [4.69, 9.17) is 5.11 Å². The van der Waals surface area contributed by atoms with Crippen molar-refractivity contribution in [3.63, 3.8) is 0 Å². The standard InChI is InChI=1S/C26H22O3S/c1-26(2)14-13-21(24-4-3-15-30-24)20-11-10-19(16-22(20)26)23(27)12-7-17-5-8-18(9-6-17)25(28)29/h3-13,15-16H,14H2,1-2H3,(H,28,29)/b12-7+. The van der Waals surface area contributed by atoms with Crippen molar-refractivity contribution in [1.82, 2.24) is 0 Å². The molecule has 1 aliphatic carbocycles. The largest absolute Gasteiger partial charge is 0.478 e. The summed E-state index contributed by atoms with van der Waals surface area (Å²) in [6, 6.07) is 16.6. The van der Waals surface area contributed by atoms with E-state index in [-0.39, 0.29) is 16.8 Å². The monoisotopic (exact) mass is 414 g/mol. The lowest BCUT2D eigenvalue weighted by molar-refractivity contribution is 0.0696. The van der Waals surface area contributed by atoms with Crippen LogP contribution in [0.3, 0.4) is 0 Å². The van der Waals surface area contributed by atoms with Crippen molar-refractivity contribution < 1.29 is 14.7 Å². The number of rotatable bonds is 5. The summed E-state index contributed by atoms with van der Waals surface area (Å²) in [6.07, 6.45) is 6.49. The van der Waals surface area contributed by atoms with Crippen molar-refractivity contribution >= 4 is 34.7 Å². The SMILES string of the molecule is CC1(C)CC=C(c2cccs2)c2ccc(C(=O)/C=C/c3ccc(C(=O)O)cc3)cc21. The van der Waals surface area contributed by atoms with Crippen LogP contribution in [0, 0.1) is 0 Å². The van der Waals surface area contributed by atoms with Crippen LogP contribution in [-0.4, -0.2) is 16.9 Å². The summed E-state index contributed by atoms with van der Waals surface area (Å²) in [5.74, 6) is -1.03. The first-order valence-electron chi connectivity index (χ1n) is 9.80. The molecule has 30 heavy (non-hydrogen) atoms. The Labute approximate surface area is 180 Å². The van der Waals surface area contributed by atoms with Crippen LogP contribution in [0.2, 0.25) is 0 Å². The van der Waals surface area contributed by atoms with Crippen LogP contribution >= 0.6 is 11.3 Å². The highest BCUT2D eigenvalue weighted by molar-refractivity contribution is 7.11. The number of carbonyl (C=O) groups is 2. The minimum Gasteiger partial charge on any atom is -0.478 e. The Bertz CT molecular complexity index is 1160. The molecular weight excluding hydrogens is 392 g/mol. The van der Waals surface area contributed by atoms with E-state index in [0.29, 0.717) is 5.56 Å². The summed E-state index contributed by atoms with van der Waals surface area (Å²) in [5.41, 5.74) is 5.26. The average molecular weight is 415 g/mol.